The predicted octanol–water partition coefficient (Wildman–Crippen LogP) is 2.01. The Morgan fingerprint density at radius 3 is 1.41 bits per heavy atom. The largest absolute Gasteiger partial charge is 0.506 e. The first-order chi connectivity index (χ1) is 24.2. The number of phenolic OH excluding ortho intramolecular Hbond substituents is 2. The van der Waals surface area contributed by atoms with E-state index >= 15 is 0 Å². The van der Waals surface area contributed by atoms with Gasteiger partial charge in [-0.25, -0.2) is 18.1 Å². The first kappa shape index (κ1) is 40.8. The van der Waals surface area contributed by atoms with E-state index < -0.39 is 32.2 Å². The van der Waals surface area contributed by atoms with Gasteiger partial charge in [-0.15, -0.1) is 0 Å². The SMILES string of the molecule is CCCCCCNC(=O)CCc1ccc(N2CC(=O)NS2(=O)=O)c(O)c1.CCCCCNC(=O)CCc1ccc(N2CC(=O)NS2(=O)=O)c(O)c1. The van der Waals surface area contributed by atoms with Crippen LogP contribution in [0.25, 0.3) is 0 Å². The molecule has 0 unspecified atom stereocenters. The first-order valence-electron chi connectivity index (χ1n) is 17.0. The highest BCUT2D eigenvalue weighted by molar-refractivity contribution is 7.92. The number of aryl methyl sites for hydroxylation is 2. The molecule has 2 saturated heterocycles. The summed E-state index contributed by atoms with van der Waals surface area (Å²) >= 11 is 0. The highest BCUT2D eigenvalue weighted by Gasteiger charge is 2.36. The van der Waals surface area contributed by atoms with Gasteiger partial charge in [-0.2, -0.15) is 16.8 Å². The minimum Gasteiger partial charge on any atom is -0.506 e. The van der Waals surface area contributed by atoms with Gasteiger partial charge in [0.05, 0.1) is 11.4 Å². The fourth-order valence-corrected chi connectivity index (χ4v) is 7.59. The molecule has 4 rings (SSSR count). The van der Waals surface area contributed by atoms with Crippen molar-refractivity contribution >= 4 is 55.4 Å². The lowest BCUT2D eigenvalue weighted by molar-refractivity contribution is -0.121. The fourth-order valence-electron chi connectivity index (χ4n) is 5.27. The number of anilines is 2. The van der Waals surface area contributed by atoms with Crippen LogP contribution in [0.1, 0.15) is 82.8 Å². The lowest BCUT2D eigenvalue weighted by Crippen LogP contribution is -2.29. The number of hydrogen-bond donors (Lipinski definition) is 6. The minimum atomic E-state index is -3.96. The Hall–Kier alpha value is -4.58. The molecule has 2 aromatic carbocycles. The van der Waals surface area contributed by atoms with Crippen molar-refractivity contribution in [3.8, 4) is 11.5 Å². The van der Waals surface area contributed by atoms with Gasteiger partial charge in [-0.1, -0.05) is 58.1 Å². The Morgan fingerprint density at radius 1 is 0.667 bits per heavy atom. The smallest absolute Gasteiger partial charge is 0.326 e. The van der Waals surface area contributed by atoms with Crippen molar-refractivity contribution in [3.63, 3.8) is 0 Å². The lowest BCUT2D eigenvalue weighted by Gasteiger charge is -2.16. The molecule has 282 valence electrons. The van der Waals surface area contributed by atoms with Crippen LogP contribution in [0, 0.1) is 0 Å². The molecular formula is C33H48N6O10S2. The molecule has 0 radical (unpaired) electrons. The summed E-state index contributed by atoms with van der Waals surface area (Å²) in [6.45, 7) is 4.82. The molecule has 2 fully saturated rings. The van der Waals surface area contributed by atoms with Crippen molar-refractivity contribution < 1.29 is 46.2 Å². The third-order valence-corrected chi connectivity index (χ3v) is 10.8. The number of nitrogens with one attached hydrogen (secondary N) is 4. The van der Waals surface area contributed by atoms with Crippen LogP contribution in [-0.4, -0.2) is 76.9 Å². The van der Waals surface area contributed by atoms with Crippen LogP contribution in [0.15, 0.2) is 36.4 Å². The Kier molecular flexibility index (Phi) is 15.3. The fraction of sp³-hybridized carbons (Fsp3) is 0.515. The van der Waals surface area contributed by atoms with Crippen LogP contribution < -0.4 is 28.7 Å². The van der Waals surface area contributed by atoms with Crippen LogP contribution in [0.3, 0.4) is 0 Å². The maximum atomic E-state index is 11.8. The Morgan fingerprint density at radius 2 is 1.06 bits per heavy atom. The van der Waals surface area contributed by atoms with Crippen molar-refractivity contribution in [2.45, 2.75) is 84.5 Å². The Balaban J connectivity index is 0.000000276. The average Bonchev–Trinajstić information content (AvgIpc) is 3.51. The zero-order valence-electron chi connectivity index (χ0n) is 28.9. The Labute approximate surface area is 299 Å². The Bertz CT molecular complexity index is 1770. The van der Waals surface area contributed by atoms with Crippen molar-refractivity contribution in [3.05, 3.63) is 47.5 Å². The minimum absolute atomic E-state index is 0.0334. The number of carbonyl (C=O) groups excluding carboxylic acids is 4. The van der Waals surface area contributed by atoms with Crippen LogP contribution >= 0.6 is 0 Å². The van der Waals surface area contributed by atoms with E-state index in [9.17, 15) is 46.2 Å². The number of nitrogens with zero attached hydrogens (tertiary/aromatic N) is 2. The van der Waals surface area contributed by atoms with Gasteiger partial charge in [0.1, 0.15) is 24.6 Å². The number of unbranched alkanes of at least 4 members (excludes halogenated alkanes) is 5. The predicted molar refractivity (Wildman–Crippen MR) is 191 cm³/mol. The van der Waals surface area contributed by atoms with E-state index in [4.69, 9.17) is 0 Å². The van der Waals surface area contributed by atoms with E-state index in [0.29, 0.717) is 37.1 Å². The summed E-state index contributed by atoms with van der Waals surface area (Å²) in [4.78, 5) is 46.1. The topological polar surface area (TPSA) is 232 Å². The van der Waals surface area contributed by atoms with E-state index in [0.717, 1.165) is 53.6 Å². The molecule has 16 nitrogen and oxygen atoms in total. The van der Waals surface area contributed by atoms with Gasteiger partial charge in [0, 0.05) is 25.9 Å². The van der Waals surface area contributed by atoms with E-state index in [1.165, 1.54) is 24.3 Å². The highest BCUT2D eigenvalue weighted by Crippen LogP contribution is 2.32. The highest BCUT2D eigenvalue weighted by atomic mass is 32.2. The summed E-state index contributed by atoms with van der Waals surface area (Å²) in [5, 5.41) is 25.9. The number of rotatable bonds is 17. The van der Waals surface area contributed by atoms with Gasteiger partial charge in [-0.3, -0.25) is 19.2 Å². The van der Waals surface area contributed by atoms with Crippen LogP contribution in [0.4, 0.5) is 11.4 Å². The molecule has 0 bridgehead atoms. The number of aromatic hydroxyl groups is 2. The van der Waals surface area contributed by atoms with Gasteiger partial charge < -0.3 is 20.8 Å². The van der Waals surface area contributed by atoms with Gasteiger partial charge in [0.2, 0.25) is 11.8 Å². The number of phenols is 2. The number of amides is 4. The van der Waals surface area contributed by atoms with Crippen molar-refractivity contribution in [2.24, 2.45) is 0 Å². The molecule has 0 aromatic heterocycles. The van der Waals surface area contributed by atoms with Gasteiger partial charge in [-0.05, 0) is 61.1 Å². The number of carbonyl (C=O) groups is 4. The number of hydrogen-bond acceptors (Lipinski definition) is 10. The van der Waals surface area contributed by atoms with Crippen LogP contribution in [0.5, 0.6) is 11.5 Å². The quantitative estimate of drug-likeness (QED) is 0.129. The van der Waals surface area contributed by atoms with E-state index in [2.05, 4.69) is 24.5 Å². The maximum Gasteiger partial charge on any atom is 0.326 e. The van der Waals surface area contributed by atoms with Gasteiger partial charge in [0.25, 0.3) is 11.8 Å². The van der Waals surface area contributed by atoms with E-state index in [1.807, 2.05) is 9.44 Å². The van der Waals surface area contributed by atoms with Crippen molar-refractivity contribution in [1.29, 1.82) is 0 Å². The summed E-state index contributed by atoms with van der Waals surface area (Å²) < 4.78 is 52.6. The molecule has 4 amide bonds. The lowest BCUT2D eigenvalue weighted by atomic mass is 10.1. The maximum absolute atomic E-state index is 11.8. The molecule has 0 spiro atoms. The third kappa shape index (κ3) is 12.6. The third-order valence-electron chi connectivity index (χ3n) is 7.99. The van der Waals surface area contributed by atoms with Crippen molar-refractivity contribution in [2.75, 3.05) is 34.8 Å². The molecule has 2 aromatic rings. The van der Waals surface area contributed by atoms with Gasteiger partial charge >= 0.3 is 20.4 Å². The van der Waals surface area contributed by atoms with E-state index in [1.54, 1.807) is 12.1 Å². The zero-order valence-corrected chi connectivity index (χ0v) is 30.6. The summed E-state index contributed by atoms with van der Waals surface area (Å²) in [5.41, 5.74) is 1.49. The summed E-state index contributed by atoms with van der Waals surface area (Å²) in [6.07, 6.45) is 8.93. The normalized spacial score (nSPS) is 15.8. The second-order valence-electron chi connectivity index (χ2n) is 12.2. The first-order valence-corrected chi connectivity index (χ1v) is 19.9. The second-order valence-corrected chi connectivity index (χ2v) is 15.4. The molecule has 0 saturated carbocycles. The van der Waals surface area contributed by atoms with Crippen LogP contribution in [-0.2, 0) is 52.4 Å². The molecular weight excluding hydrogens is 705 g/mol. The second kappa shape index (κ2) is 19.1. The molecule has 0 aliphatic carbocycles. The summed E-state index contributed by atoms with van der Waals surface area (Å²) in [7, 11) is -7.91. The van der Waals surface area contributed by atoms with E-state index in [-0.39, 0.29) is 60.6 Å². The summed E-state index contributed by atoms with van der Waals surface area (Å²) in [5.74, 6) is -1.91. The number of benzene rings is 2. The monoisotopic (exact) mass is 752 g/mol. The molecule has 51 heavy (non-hydrogen) atoms. The molecule has 2 heterocycles. The standard InChI is InChI=1S/C17H25N3O5S.C16H23N3O5S/c1-2-3-4-5-10-18-16(22)9-7-13-6-8-14(15(21)11-13)20-12-17(23)19-26(20,24)25;1-2-3-4-9-17-15(21)8-6-12-5-7-13(14(20)10-12)19-11-16(22)18-25(19,23)24/h6,8,11,21H,2-5,7,9-10,12H2,1H3,(H,18,22)(H,19,23);5,7,10,20H,2-4,6,8-9,11H2,1H3,(H,17,21)(H,18,22). The zero-order chi connectivity index (χ0) is 37.6. The molecule has 18 heteroatoms. The van der Waals surface area contributed by atoms with Gasteiger partial charge in [0.15, 0.2) is 0 Å². The molecule has 2 aliphatic rings. The molecule has 2 aliphatic heterocycles. The van der Waals surface area contributed by atoms with Crippen LogP contribution in [0.2, 0.25) is 0 Å². The molecule has 0 atom stereocenters. The summed E-state index contributed by atoms with van der Waals surface area (Å²) in [6, 6.07) is 8.98. The average molecular weight is 753 g/mol. The molecule has 6 N–H and O–H groups in total. The van der Waals surface area contributed by atoms with Crippen molar-refractivity contribution in [1.82, 2.24) is 20.1 Å².